The Morgan fingerprint density at radius 1 is 1.34 bits per heavy atom. The van der Waals surface area contributed by atoms with E-state index in [1.165, 1.54) is 0 Å². The van der Waals surface area contributed by atoms with Gasteiger partial charge in [0.2, 0.25) is 5.88 Å². The zero-order valence-electron chi connectivity index (χ0n) is 16.7. The summed E-state index contributed by atoms with van der Waals surface area (Å²) in [7, 11) is 1.84. The Morgan fingerprint density at radius 2 is 2.10 bits per heavy atom. The first-order valence-electron chi connectivity index (χ1n) is 8.86. The van der Waals surface area contributed by atoms with Crippen molar-refractivity contribution in [3.8, 4) is 29.2 Å². The predicted octanol–water partition coefficient (Wildman–Crippen LogP) is -2.19. The van der Waals surface area contributed by atoms with E-state index in [2.05, 4.69) is 37.4 Å². The predicted molar refractivity (Wildman–Crippen MR) is 104 cm³/mol. The number of nitrogens with two attached hydrogens (primary N) is 1. The number of anilines is 1. The summed E-state index contributed by atoms with van der Waals surface area (Å²) in [4.78, 5) is 9.10. The van der Waals surface area contributed by atoms with E-state index < -0.39 is 5.60 Å². The number of aliphatic hydroxyl groups is 1. The van der Waals surface area contributed by atoms with E-state index in [9.17, 15) is 5.11 Å². The average molecular weight is 421 g/mol. The molecule has 3 heterocycles. The van der Waals surface area contributed by atoms with Crippen LogP contribution in [0, 0.1) is 11.8 Å². The monoisotopic (exact) mass is 420 g/mol. The number of likely N-dealkylation sites (N-methyl/N-ethyl adjacent to an activating group) is 1. The molecule has 0 atom stereocenters. The van der Waals surface area contributed by atoms with Crippen molar-refractivity contribution >= 4 is 16.9 Å². The summed E-state index contributed by atoms with van der Waals surface area (Å²) in [6, 6.07) is 1.80. The molecule has 0 aliphatic carbocycles. The van der Waals surface area contributed by atoms with Gasteiger partial charge >= 0.3 is 0 Å². The fraction of sp³-hybridized carbons (Fsp3) is 0.444. The molecule has 0 amide bonds. The van der Waals surface area contributed by atoms with Crippen LogP contribution in [-0.2, 0) is 6.54 Å². The Hall–Kier alpha value is -2.87. The van der Waals surface area contributed by atoms with Gasteiger partial charge in [-0.15, -0.1) is 0 Å². The maximum absolute atomic E-state index is 9.97. The van der Waals surface area contributed by atoms with Gasteiger partial charge in [-0.1, -0.05) is 5.92 Å². The summed E-state index contributed by atoms with van der Waals surface area (Å²) >= 11 is 0. The lowest BCUT2D eigenvalue weighted by molar-refractivity contribution is -0.0000113. The molecular weight excluding hydrogens is 398 g/mol. The van der Waals surface area contributed by atoms with E-state index in [4.69, 9.17) is 15.1 Å². The molecule has 0 bridgehead atoms. The molecule has 0 radical (unpaired) electrons. The lowest BCUT2D eigenvalue weighted by atomic mass is 10.1. The first-order chi connectivity index (χ1) is 13.3. The van der Waals surface area contributed by atoms with Crippen molar-refractivity contribution in [1.82, 2.24) is 30.2 Å². The number of pyridine rings is 1. The first kappa shape index (κ1) is 22.4. The second kappa shape index (κ2) is 9.09. The van der Waals surface area contributed by atoms with E-state index in [0.717, 1.165) is 5.52 Å². The second-order valence-corrected chi connectivity index (χ2v) is 6.62. The topological polar surface area (TPSA) is 137 Å². The largest absolute Gasteiger partial charge is 1.00 e. The van der Waals surface area contributed by atoms with E-state index in [1.807, 2.05) is 18.5 Å². The average Bonchev–Trinajstić information content (AvgIpc) is 3.22. The molecule has 0 aromatic carbocycles. The van der Waals surface area contributed by atoms with Crippen LogP contribution in [0.2, 0.25) is 0 Å². The van der Waals surface area contributed by atoms with Crippen molar-refractivity contribution in [2.24, 2.45) is 0 Å². The molecule has 10 nitrogen and oxygen atoms in total. The highest BCUT2D eigenvalue weighted by molar-refractivity contribution is 5.86. The summed E-state index contributed by atoms with van der Waals surface area (Å²) in [6.07, 6.45) is 0. The molecule has 0 fully saturated rings. The van der Waals surface area contributed by atoms with Gasteiger partial charge in [0, 0.05) is 19.2 Å². The van der Waals surface area contributed by atoms with Crippen LogP contribution >= 0.6 is 0 Å². The van der Waals surface area contributed by atoms with Crippen molar-refractivity contribution in [3.63, 3.8) is 0 Å². The SMILES string of the molecule is CCn1c(-c2nonc2N)nc2c(C#CC(C)(C)O)nc(OCCNC)cc21.[Cl-]. The Labute approximate surface area is 174 Å². The quantitative estimate of drug-likeness (QED) is 0.300. The number of imidazole rings is 1. The molecule has 0 aliphatic rings. The number of fused-ring (bicyclic) bond motifs is 1. The Bertz CT molecular complexity index is 1040. The van der Waals surface area contributed by atoms with Crippen LogP contribution in [0.4, 0.5) is 5.82 Å². The van der Waals surface area contributed by atoms with Crippen LogP contribution < -0.4 is 28.2 Å². The number of hydrogen-bond acceptors (Lipinski definition) is 9. The van der Waals surface area contributed by atoms with Gasteiger partial charge in [0.05, 0.1) is 5.52 Å². The van der Waals surface area contributed by atoms with Gasteiger partial charge < -0.3 is 37.9 Å². The molecule has 0 unspecified atom stereocenters. The molecule has 4 N–H and O–H groups in total. The van der Waals surface area contributed by atoms with Crippen LogP contribution in [0.1, 0.15) is 26.5 Å². The number of halogens is 1. The minimum Gasteiger partial charge on any atom is -1.00 e. The zero-order valence-corrected chi connectivity index (χ0v) is 17.4. The summed E-state index contributed by atoms with van der Waals surface area (Å²) in [5.41, 5.74) is 6.73. The third-order valence-electron chi connectivity index (χ3n) is 3.84. The van der Waals surface area contributed by atoms with Crippen LogP contribution in [0.5, 0.6) is 5.88 Å². The van der Waals surface area contributed by atoms with Crippen molar-refractivity contribution in [2.45, 2.75) is 32.9 Å². The van der Waals surface area contributed by atoms with E-state index in [-0.39, 0.29) is 18.2 Å². The number of nitrogens with zero attached hydrogens (tertiary/aromatic N) is 5. The standard InChI is InChI=1S/C18H23N7O3.ClH/c1-5-25-12-10-13(27-9-8-20-4)21-11(6-7-18(2,3)26)14(12)22-17(25)15-16(19)24-28-23-15;/h10,20,26H,5,8-9H2,1-4H3,(H2,19,24);1H/p-1. The molecule has 29 heavy (non-hydrogen) atoms. The molecule has 0 saturated heterocycles. The number of aromatic nitrogens is 5. The van der Waals surface area contributed by atoms with Crippen LogP contribution in [0.3, 0.4) is 0 Å². The molecule has 156 valence electrons. The normalized spacial score (nSPS) is 11.1. The van der Waals surface area contributed by atoms with Gasteiger partial charge in [0.15, 0.2) is 17.3 Å². The van der Waals surface area contributed by atoms with Gasteiger partial charge in [-0.25, -0.2) is 14.6 Å². The molecule has 3 aromatic heterocycles. The molecule has 11 heteroatoms. The van der Waals surface area contributed by atoms with Crippen LogP contribution in [0.15, 0.2) is 10.7 Å². The van der Waals surface area contributed by atoms with Crippen molar-refractivity contribution in [1.29, 1.82) is 0 Å². The van der Waals surface area contributed by atoms with Crippen molar-refractivity contribution < 1.29 is 26.9 Å². The van der Waals surface area contributed by atoms with E-state index in [1.54, 1.807) is 19.9 Å². The van der Waals surface area contributed by atoms with E-state index in [0.29, 0.717) is 48.3 Å². The second-order valence-electron chi connectivity index (χ2n) is 6.62. The highest BCUT2D eigenvalue weighted by atomic mass is 35.5. The summed E-state index contributed by atoms with van der Waals surface area (Å²) in [5, 5.41) is 20.5. The van der Waals surface area contributed by atoms with Crippen LogP contribution in [0.25, 0.3) is 22.6 Å². The fourth-order valence-electron chi connectivity index (χ4n) is 2.58. The Kier molecular flexibility index (Phi) is 7.02. The summed E-state index contributed by atoms with van der Waals surface area (Å²) in [5.74, 6) is 6.74. The maximum atomic E-state index is 9.97. The molecule has 0 spiro atoms. The summed E-state index contributed by atoms with van der Waals surface area (Å²) in [6.45, 7) is 6.88. The van der Waals surface area contributed by atoms with E-state index >= 15 is 0 Å². The highest BCUT2D eigenvalue weighted by Gasteiger charge is 2.21. The Balaban J connectivity index is 0.00000300. The molecule has 0 aliphatic heterocycles. The lowest BCUT2D eigenvalue weighted by Gasteiger charge is -2.08. The maximum Gasteiger partial charge on any atom is 0.216 e. The van der Waals surface area contributed by atoms with Gasteiger partial charge in [-0.2, -0.15) is 0 Å². The van der Waals surface area contributed by atoms with Crippen LogP contribution in [-0.4, -0.2) is 55.8 Å². The zero-order chi connectivity index (χ0) is 20.3. The van der Waals surface area contributed by atoms with Gasteiger partial charge in [-0.05, 0) is 44.1 Å². The number of nitrogens with one attached hydrogen (secondary N) is 1. The fourth-order valence-corrected chi connectivity index (χ4v) is 2.58. The van der Waals surface area contributed by atoms with Gasteiger partial charge in [0.25, 0.3) is 0 Å². The Morgan fingerprint density at radius 3 is 2.69 bits per heavy atom. The minimum atomic E-state index is -1.17. The number of nitrogen functional groups attached to an aromatic ring is 1. The van der Waals surface area contributed by atoms with Crippen molar-refractivity contribution in [3.05, 3.63) is 11.8 Å². The molecule has 0 saturated carbocycles. The van der Waals surface area contributed by atoms with Crippen molar-refractivity contribution in [2.75, 3.05) is 25.9 Å². The number of ether oxygens (including phenoxy) is 1. The smallest absolute Gasteiger partial charge is 0.216 e. The highest BCUT2D eigenvalue weighted by Crippen LogP contribution is 2.29. The third-order valence-corrected chi connectivity index (χ3v) is 3.84. The third kappa shape index (κ3) is 4.95. The van der Waals surface area contributed by atoms with Gasteiger partial charge in [-0.3, -0.25) is 0 Å². The number of rotatable bonds is 6. The molecule has 3 aromatic rings. The minimum absolute atomic E-state index is 0. The molecular formula is C18H23ClN7O3-. The number of aryl methyl sites for hydroxylation is 1. The van der Waals surface area contributed by atoms with Gasteiger partial charge in [0.1, 0.15) is 23.4 Å². The number of hydrogen-bond donors (Lipinski definition) is 3. The molecule has 3 rings (SSSR count). The summed E-state index contributed by atoms with van der Waals surface area (Å²) < 4.78 is 12.4. The first-order valence-corrected chi connectivity index (χ1v) is 8.86. The lowest BCUT2D eigenvalue weighted by Crippen LogP contribution is -3.00.